The van der Waals surface area contributed by atoms with Crippen molar-refractivity contribution in [3.8, 4) is 0 Å². The van der Waals surface area contributed by atoms with Crippen molar-refractivity contribution in [2.45, 2.75) is 57.1 Å². The second-order valence-electron chi connectivity index (χ2n) is 6.59. The average Bonchev–Trinajstić information content (AvgIpc) is 2.39. The largest absolute Gasteiger partial charge is 0.374 e. The van der Waals surface area contributed by atoms with E-state index in [1.54, 1.807) is 4.31 Å². The summed E-state index contributed by atoms with van der Waals surface area (Å²) in [5.74, 6) is 0.357. The Labute approximate surface area is 122 Å². The summed E-state index contributed by atoms with van der Waals surface area (Å²) in [5.41, 5.74) is 6.14. The lowest BCUT2D eigenvalue weighted by molar-refractivity contribution is -0.0855. The summed E-state index contributed by atoms with van der Waals surface area (Å²) >= 11 is 0. The summed E-state index contributed by atoms with van der Waals surface area (Å²) < 4.78 is 30.8. The van der Waals surface area contributed by atoms with Crippen LogP contribution in [0.3, 0.4) is 0 Å². The quantitative estimate of drug-likeness (QED) is 0.850. The Balaban J connectivity index is 1.92. The van der Waals surface area contributed by atoms with E-state index in [4.69, 9.17) is 10.5 Å². The van der Waals surface area contributed by atoms with Gasteiger partial charge in [-0.3, -0.25) is 0 Å². The van der Waals surface area contributed by atoms with Crippen LogP contribution < -0.4 is 5.73 Å². The van der Waals surface area contributed by atoms with Crippen LogP contribution in [0.2, 0.25) is 0 Å². The van der Waals surface area contributed by atoms with Crippen LogP contribution in [0.4, 0.5) is 0 Å². The molecule has 20 heavy (non-hydrogen) atoms. The minimum absolute atomic E-state index is 0.00712. The molecule has 0 bridgehead atoms. The minimum Gasteiger partial charge on any atom is -0.374 e. The van der Waals surface area contributed by atoms with Crippen LogP contribution in [0.1, 0.15) is 45.4 Å². The van der Waals surface area contributed by atoms with Gasteiger partial charge < -0.3 is 10.5 Å². The van der Waals surface area contributed by atoms with E-state index >= 15 is 0 Å². The molecule has 6 heteroatoms. The van der Waals surface area contributed by atoms with E-state index in [1.807, 2.05) is 0 Å². The standard InChI is InChI=1S/C14H28N2O3S/c1-14(7-3-4-9-19-14)13(15)10-12-6-5-8-16(11-12)20(2,17)18/h12-13H,3-11,15H2,1-2H3. The fraction of sp³-hybridized carbons (Fsp3) is 1.00. The van der Waals surface area contributed by atoms with Crippen molar-refractivity contribution >= 4 is 10.0 Å². The molecule has 0 amide bonds. The maximum absolute atomic E-state index is 11.7. The van der Waals surface area contributed by atoms with Crippen molar-refractivity contribution in [3.63, 3.8) is 0 Å². The number of nitrogens with two attached hydrogens (primary N) is 1. The Bertz CT molecular complexity index is 418. The van der Waals surface area contributed by atoms with E-state index in [9.17, 15) is 8.42 Å². The van der Waals surface area contributed by atoms with Crippen molar-refractivity contribution in [1.82, 2.24) is 4.31 Å². The number of nitrogens with zero attached hydrogens (tertiary/aromatic N) is 1. The van der Waals surface area contributed by atoms with Crippen LogP contribution in [0.5, 0.6) is 0 Å². The lowest BCUT2D eigenvalue weighted by Gasteiger charge is -2.41. The highest BCUT2D eigenvalue weighted by atomic mass is 32.2. The average molecular weight is 304 g/mol. The topological polar surface area (TPSA) is 72.6 Å². The lowest BCUT2D eigenvalue weighted by atomic mass is 9.82. The highest BCUT2D eigenvalue weighted by Gasteiger charge is 2.37. The Morgan fingerprint density at radius 1 is 1.40 bits per heavy atom. The predicted octanol–water partition coefficient (Wildman–Crippen LogP) is 1.33. The molecule has 2 N–H and O–H groups in total. The Hall–Kier alpha value is -0.170. The van der Waals surface area contributed by atoms with Gasteiger partial charge in [-0.1, -0.05) is 0 Å². The van der Waals surface area contributed by atoms with E-state index in [0.29, 0.717) is 19.0 Å². The van der Waals surface area contributed by atoms with Gasteiger partial charge in [-0.25, -0.2) is 12.7 Å². The molecule has 0 aliphatic carbocycles. The molecule has 0 aromatic carbocycles. The zero-order chi connectivity index (χ0) is 14.8. The second kappa shape index (κ2) is 6.30. The van der Waals surface area contributed by atoms with Crippen LogP contribution in [0, 0.1) is 5.92 Å². The molecule has 0 spiro atoms. The predicted molar refractivity (Wildman–Crippen MR) is 79.9 cm³/mol. The second-order valence-corrected chi connectivity index (χ2v) is 8.57. The molecule has 118 valence electrons. The molecule has 0 radical (unpaired) electrons. The SMILES string of the molecule is CC1(C(N)CC2CCCN(S(C)(=O)=O)C2)CCCCO1. The molecule has 2 saturated heterocycles. The Morgan fingerprint density at radius 3 is 2.75 bits per heavy atom. The third-order valence-electron chi connectivity index (χ3n) is 4.82. The van der Waals surface area contributed by atoms with Gasteiger partial charge in [0.1, 0.15) is 0 Å². The van der Waals surface area contributed by atoms with Gasteiger partial charge in [-0.2, -0.15) is 0 Å². The van der Waals surface area contributed by atoms with Crippen molar-refractivity contribution in [1.29, 1.82) is 0 Å². The van der Waals surface area contributed by atoms with E-state index in [-0.39, 0.29) is 11.6 Å². The Kier molecular flexibility index (Phi) is 5.10. The van der Waals surface area contributed by atoms with Crippen molar-refractivity contribution in [2.75, 3.05) is 26.0 Å². The van der Waals surface area contributed by atoms with Crippen molar-refractivity contribution in [3.05, 3.63) is 0 Å². The van der Waals surface area contributed by atoms with E-state index in [1.165, 1.54) is 12.7 Å². The summed E-state index contributed by atoms with van der Waals surface area (Å²) in [7, 11) is -3.07. The lowest BCUT2D eigenvalue weighted by Crippen LogP contribution is -2.51. The fourth-order valence-electron chi connectivity index (χ4n) is 3.38. The summed E-state index contributed by atoms with van der Waals surface area (Å²) in [4.78, 5) is 0. The molecular formula is C14H28N2O3S. The zero-order valence-electron chi connectivity index (χ0n) is 12.7. The van der Waals surface area contributed by atoms with Gasteiger partial charge >= 0.3 is 0 Å². The van der Waals surface area contributed by atoms with Gasteiger partial charge in [0, 0.05) is 25.7 Å². The summed E-state index contributed by atoms with van der Waals surface area (Å²) in [6, 6.07) is -0.00712. The molecule has 2 aliphatic heterocycles. The maximum atomic E-state index is 11.7. The molecule has 3 atom stereocenters. The van der Waals surface area contributed by atoms with Crippen LogP contribution in [-0.2, 0) is 14.8 Å². The number of hydrogen-bond acceptors (Lipinski definition) is 4. The van der Waals surface area contributed by atoms with E-state index in [2.05, 4.69) is 6.92 Å². The number of rotatable bonds is 4. The van der Waals surface area contributed by atoms with Crippen LogP contribution in [-0.4, -0.2) is 50.3 Å². The molecule has 3 unspecified atom stereocenters. The van der Waals surface area contributed by atoms with Gasteiger partial charge in [0.25, 0.3) is 0 Å². The summed E-state index contributed by atoms with van der Waals surface area (Å²) in [5, 5.41) is 0. The first-order chi connectivity index (χ1) is 9.31. The first kappa shape index (κ1) is 16.2. The van der Waals surface area contributed by atoms with Crippen molar-refractivity contribution < 1.29 is 13.2 Å². The molecule has 2 fully saturated rings. The van der Waals surface area contributed by atoms with Gasteiger partial charge in [0.05, 0.1) is 11.9 Å². The maximum Gasteiger partial charge on any atom is 0.211 e. The zero-order valence-corrected chi connectivity index (χ0v) is 13.5. The van der Waals surface area contributed by atoms with Crippen LogP contribution >= 0.6 is 0 Å². The number of piperidine rings is 1. The third kappa shape index (κ3) is 3.93. The first-order valence-electron chi connectivity index (χ1n) is 7.66. The molecule has 0 aromatic heterocycles. The van der Waals surface area contributed by atoms with Gasteiger partial charge in [0.2, 0.25) is 10.0 Å². The Morgan fingerprint density at radius 2 is 2.15 bits per heavy atom. The molecule has 0 aromatic rings. The molecular weight excluding hydrogens is 276 g/mol. The highest BCUT2D eigenvalue weighted by molar-refractivity contribution is 7.88. The highest BCUT2D eigenvalue weighted by Crippen LogP contribution is 2.32. The summed E-state index contributed by atoms with van der Waals surface area (Å²) in [6.45, 7) is 4.17. The number of sulfonamides is 1. The molecule has 5 nitrogen and oxygen atoms in total. The van der Waals surface area contributed by atoms with Gasteiger partial charge in [0.15, 0.2) is 0 Å². The fourth-order valence-corrected chi connectivity index (χ4v) is 4.32. The third-order valence-corrected chi connectivity index (χ3v) is 6.09. The molecule has 2 aliphatic rings. The monoisotopic (exact) mass is 304 g/mol. The van der Waals surface area contributed by atoms with Crippen LogP contribution in [0.25, 0.3) is 0 Å². The van der Waals surface area contributed by atoms with Crippen LogP contribution in [0.15, 0.2) is 0 Å². The summed E-state index contributed by atoms with van der Waals surface area (Å²) in [6.07, 6.45) is 7.44. The molecule has 2 heterocycles. The molecule has 2 rings (SSSR count). The van der Waals surface area contributed by atoms with Crippen molar-refractivity contribution in [2.24, 2.45) is 11.7 Å². The van der Waals surface area contributed by atoms with Gasteiger partial charge in [-0.05, 0) is 51.4 Å². The normalized spacial score (nSPS) is 34.9. The molecule has 0 saturated carbocycles. The first-order valence-corrected chi connectivity index (χ1v) is 9.51. The number of ether oxygens (including phenoxy) is 1. The van der Waals surface area contributed by atoms with E-state index < -0.39 is 10.0 Å². The smallest absolute Gasteiger partial charge is 0.211 e. The minimum atomic E-state index is -3.07. The van der Waals surface area contributed by atoms with Gasteiger partial charge in [-0.15, -0.1) is 0 Å². The van der Waals surface area contributed by atoms with E-state index in [0.717, 1.165) is 38.7 Å². The number of hydrogen-bond donors (Lipinski definition) is 1.